The van der Waals surface area contributed by atoms with Crippen LogP contribution in [0.1, 0.15) is 38.8 Å². The van der Waals surface area contributed by atoms with E-state index in [2.05, 4.69) is 10.3 Å². The molecule has 146 valence electrons. The van der Waals surface area contributed by atoms with Gasteiger partial charge in [-0.15, -0.1) is 0 Å². The standard InChI is InChI=1S/C21H29N3O3/c1-14-11-16(22)20-17(23-14)5-4-6-18(20)27-13-21(2,3)24-19(25)12-15-7-9-26-10-8-15/h4-6,11,15H,7-10,12-13H2,1-3H3,(H2,22,23)(H,24,25). The zero-order chi connectivity index (χ0) is 19.4. The molecule has 1 saturated heterocycles. The summed E-state index contributed by atoms with van der Waals surface area (Å²) in [5.41, 5.74) is 8.03. The van der Waals surface area contributed by atoms with Crippen LogP contribution < -0.4 is 15.8 Å². The molecule has 1 aliphatic heterocycles. The number of nitrogens with one attached hydrogen (secondary N) is 1. The molecule has 0 unspecified atom stereocenters. The molecule has 0 aliphatic carbocycles. The van der Waals surface area contributed by atoms with E-state index in [4.69, 9.17) is 15.2 Å². The van der Waals surface area contributed by atoms with Crippen molar-refractivity contribution in [2.45, 2.75) is 45.6 Å². The van der Waals surface area contributed by atoms with Crippen LogP contribution in [0.2, 0.25) is 0 Å². The second-order valence-corrected chi connectivity index (χ2v) is 7.98. The third-order valence-electron chi connectivity index (χ3n) is 4.84. The minimum absolute atomic E-state index is 0.0604. The molecular weight excluding hydrogens is 342 g/mol. The molecule has 0 radical (unpaired) electrons. The van der Waals surface area contributed by atoms with E-state index in [0.29, 0.717) is 30.4 Å². The third-order valence-corrected chi connectivity index (χ3v) is 4.84. The molecule has 1 aliphatic rings. The highest BCUT2D eigenvalue weighted by Gasteiger charge is 2.25. The monoisotopic (exact) mass is 371 g/mol. The van der Waals surface area contributed by atoms with E-state index < -0.39 is 5.54 Å². The number of nitrogens with two attached hydrogens (primary N) is 1. The summed E-state index contributed by atoms with van der Waals surface area (Å²) < 4.78 is 11.4. The van der Waals surface area contributed by atoms with Gasteiger partial charge in [-0.3, -0.25) is 9.78 Å². The van der Waals surface area contributed by atoms with Crippen molar-refractivity contribution in [3.05, 3.63) is 30.0 Å². The maximum Gasteiger partial charge on any atom is 0.220 e. The Kier molecular flexibility index (Phi) is 5.85. The van der Waals surface area contributed by atoms with Gasteiger partial charge in [0.15, 0.2) is 0 Å². The number of hydrogen-bond donors (Lipinski definition) is 2. The highest BCUT2D eigenvalue weighted by atomic mass is 16.5. The molecule has 6 heteroatoms. The van der Waals surface area contributed by atoms with Crippen molar-refractivity contribution in [2.24, 2.45) is 5.92 Å². The van der Waals surface area contributed by atoms with Crippen molar-refractivity contribution in [1.29, 1.82) is 0 Å². The van der Waals surface area contributed by atoms with Gasteiger partial charge in [0, 0.05) is 31.0 Å². The number of ether oxygens (including phenoxy) is 2. The fourth-order valence-electron chi connectivity index (χ4n) is 3.48. The van der Waals surface area contributed by atoms with E-state index in [-0.39, 0.29) is 5.91 Å². The number of fused-ring (bicyclic) bond motifs is 1. The normalized spacial score (nSPS) is 15.7. The van der Waals surface area contributed by atoms with E-state index in [9.17, 15) is 4.79 Å². The topological polar surface area (TPSA) is 86.5 Å². The molecule has 0 bridgehead atoms. The number of rotatable bonds is 6. The number of hydrogen-bond acceptors (Lipinski definition) is 5. The Hall–Kier alpha value is -2.34. The third kappa shape index (κ3) is 5.10. The number of nitrogen functional groups attached to an aromatic ring is 1. The second-order valence-electron chi connectivity index (χ2n) is 7.98. The first-order valence-electron chi connectivity index (χ1n) is 9.51. The van der Waals surface area contributed by atoms with E-state index in [1.165, 1.54) is 0 Å². The van der Waals surface area contributed by atoms with Gasteiger partial charge in [0.05, 0.1) is 16.4 Å². The maximum atomic E-state index is 12.4. The molecule has 1 aromatic heterocycles. The lowest BCUT2D eigenvalue weighted by Crippen LogP contribution is -2.48. The van der Waals surface area contributed by atoms with Gasteiger partial charge in [-0.1, -0.05) is 6.07 Å². The zero-order valence-electron chi connectivity index (χ0n) is 16.4. The van der Waals surface area contributed by atoms with Gasteiger partial charge in [-0.25, -0.2) is 0 Å². The zero-order valence-corrected chi connectivity index (χ0v) is 16.4. The quantitative estimate of drug-likeness (QED) is 0.814. The van der Waals surface area contributed by atoms with Crippen molar-refractivity contribution < 1.29 is 14.3 Å². The van der Waals surface area contributed by atoms with Crippen LogP contribution in [0.25, 0.3) is 10.9 Å². The summed E-state index contributed by atoms with van der Waals surface area (Å²) in [6.07, 6.45) is 2.44. The van der Waals surface area contributed by atoms with Gasteiger partial charge in [0.2, 0.25) is 5.91 Å². The Balaban J connectivity index is 1.63. The summed E-state index contributed by atoms with van der Waals surface area (Å²) in [5, 5.41) is 3.91. The SMILES string of the molecule is Cc1cc(N)c2c(OCC(C)(C)NC(=O)CC3CCOCC3)cccc2n1. The number of amides is 1. The largest absolute Gasteiger partial charge is 0.490 e. The second kappa shape index (κ2) is 8.13. The number of carbonyl (C=O) groups excluding carboxylic acids is 1. The van der Waals surface area contributed by atoms with Gasteiger partial charge in [-0.2, -0.15) is 0 Å². The molecule has 0 spiro atoms. The highest BCUT2D eigenvalue weighted by Crippen LogP contribution is 2.30. The lowest BCUT2D eigenvalue weighted by molar-refractivity contribution is -0.124. The molecule has 6 nitrogen and oxygen atoms in total. The van der Waals surface area contributed by atoms with Crippen molar-refractivity contribution in [3.8, 4) is 5.75 Å². The van der Waals surface area contributed by atoms with Gasteiger partial charge in [0.1, 0.15) is 12.4 Å². The van der Waals surface area contributed by atoms with Crippen molar-refractivity contribution in [2.75, 3.05) is 25.6 Å². The number of aryl methyl sites for hydroxylation is 1. The lowest BCUT2D eigenvalue weighted by atomic mass is 9.95. The summed E-state index contributed by atoms with van der Waals surface area (Å²) in [6, 6.07) is 7.55. The summed E-state index contributed by atoms with van der Waals surface area (Å²) >= 11 is 0. The summed E-state index contributed by atoms with van der Waals surface area (Å²) in [5.74, 6) is 1.15. The Morgan fingerprint density at radius 3 is 2.85 bits per heavy atom. The average molecular weight is 371 g/mol. The van der Waals surface area contributed by atoms with E-state index in [1.807, 2.05) is 45.0 Å². The van der Waals surface area contributed by atoms with Crippen molar-refractivity contribution >= 4 is 22.5 Å². The summed E-state index contributed by atoms with van der Waals surface area (Å²) in [7, 11) is 0. The molecule has 3 rings (SSSR count). The minimum atomic E-state index is -0.489. The predicted octanol–water partition coefficient (Wildman–Crippen LogP) is 3.22. The smallest absolute Gasteiger partial charge is 0.220 e. The van der Waals surface area contributed by atoms with Crippen LogP contribution in [0.4, 0.5) is 5.69 Å². The van der Waals surface area contributed by atoms with Gasteiger partial charge in [0.25, 0.3) is 0 Å². The Morgan fingerprint density at radius 2 is 2.11 bits per heavy atom. The molecule has 1 amide bonds. The van der Waals surface area contributed by atoms with Crippen LogP contribution in [0.3, 0.4) is 0 Å². The predicted molar refractivity (Wildman–Crippen MR) is 107 cm³/mol. The summed E-state index contributed by atoms with van der Waals surface area (Å²) in [6.45, 7) is 7.69. The first-order chi connectivity index (χ1) is 12.8. The molecule has 0 atom stereocenters. The number of benzene rings is 1. The molecule has 2 heterocycles. The molecule has 0 saturated carbocycles. The van der Waals surface area contributed by atoms with Gasteiger partial charge in [-0.05, 0) is 57.7 Å². The minimum Gasteiger partial charge on any atom is -0.490 e. The van der Waals surface area contributed by atoms with E-state index >= 15 is 0 Å². The molecular formula is C21H29N3O3. The van der Waals surface area contributed by atoms with Crippen LogP contribution in [-0.4, -0.2) is 36.3 Å². The fraction of sp³-hybridized carbons (Fsp3) is 0.524. The van der Waals surface area contributed by atoms with Crippen LogP contribution in [0.5, 0.6) is 5.75 Å². The average Bonchev–Trinajstić information content (AvgIpc) is 2.59. The molecule has 3 N–H and O–H groups in total. The first-order valence-corrected chi connectivity index (χ1v) is 9.51. The number of anilines is 1. The van der Waals surface area contributed by atoms with E-state index in [0.717, 1.165) is 42.7 Å². The van der Waals surface area contributed by atoms with Crippen LogP contribution in [-0.2, 0) is 9.53 Å². The summed E-state index contributed by atoms with van der Waals surface area (Å²) in [4.78, 5) is 16.9. The fourth-order valence-corrected chi connectivity index (χ4v) is 3.48. The Morgan fingerprint density at radius 1 is 1.37 bits per heavy atom. The molecule has 1 fully saturated rings. The number of nitrogens with zero attached hydrogens (tertiary/aromatic N) is 1. The molecule has 2 aromatic rings. The Labute approximate surface area is 160 Å². The van der Waals surface area contributed by atoms with E-state index in [1.54, 1.807) is 0 Å². The Bertz CT molecular complexity index is 814. The number of carbonyl (C=O) groups is 1. The maximum absolute atomic E-state index is 12.4. The molecule has 27 heavy (non-hydrogen) atoms. The van der Waals surface area contributed by atoms with Crippen molar-refractivity contribution in [3.63, 3.8) is 0 Å². The highest BCUT2D eigenvalue weighted by molar-refractivity contribution is 5.95. The van der Waals surface area contributed by atoms with Crippen LogP contribution >= 0.6 is 0 Å². The van der Waals surface area contributed by atoms with Gasteiger partial charge < -0.3 is 20.5 Å². The lowest BCUT2D eigenvalue weighted by Gasteiger charge is -2.28. The first kappa shape index (κ1) is 19.4. The van der Waals surface area contributed by atoms with Crippen LogP contribution in [0, 0.1) is 12.8 Å². The molecule has 1 aromatic carbocycles. The number of pyridine rings is 1. The number of aromatic nitrogens is 1. The van der Waals surface area contributed by atoms with Crippen molar-refractivity contribution in [1.82, 2.24) is 10.3 Å². The van der Waals surface area contributed by atoms with Crippen LogP contribution in [0.15, 0.2) is 24.3 Å². The van der Waals surface area contributed by atoms with Gasteiger partial charge >= 0.3 is 0 Å².